The van der Waals surface area contributed by atoms with Crippen molar-refractivity contribution in [2.24, 2.45) is 0 Å². The van der Waals surface area contributed by atoms with Gasteiger partial charge in [0.15, 0.2) is 5.82 Å². The fourth-order valence-corrected chi connectivity index (χ4v) is 2.48. The lowest BCUT2D eigenvalue weighted by atomic mass is 10.0. The van der Waals surface area contributed by atoms with Gasteiger partial charge in [0.25, 0.3) is 0 Å². The molecule has 0 bridgehead atoms. The molecule has 0 radical (unpaired) electrons. The van der Waals surface area contributed by atoms with Crippen LogP contribution < -0.4 is 9.64 Å². The van der Waals surface area contributed by atoms with Crippen molar-refractivity contribution >= 4 is 11.5 Å². The molecule has 4 nitrogen and oxygen atoms in total. The van der Waals surface area contributed by atoms with Crippen molar-refractivity contribution in [1.82, 2.24) is 9.97 Å². The lowest BCUT2D eigenvalue weighted by Gasteiger charge is -2.26. The molecule has 0 atom stereocenters. The van der Waals surface area contributed by atoms with E-state index in [2.05, 4.69) is 9.97 Å². The molecular weight excluding hydrogens is 331 g/mol. The van der Waals surface area contributed by atoms with Crippen LogP contribution in [0.1, 0.15) is 44.7 Å². The third kappa shape index (κ3) is 4.41. The van der Waals surface area contributed by atoms with Crippen LogP contribution in [0.15, 0.2) is 30.5 Å². The summed E-state index contributed by atoms with van der Waals surface area (Å²) in [4.78, 5) is 9.17. The Bertz CT molecular complexity index is 730. The molecule has 2 aromatic rings. The molecule has 0 aliphatic heterocycles. The molecule has 0 unspecified atom stereocenters. The summed E-state index contributed by atoms with van der Waals surface area (Å²) >= 11 is 0. The second kappa shape index (κ2) is 7.29. The van der Waals surface area contributed by atoms with Crippen molar-refractivity contribution in [3.63, 3.8) is 0 Å². The Hall–Kier alpha value is -2.31. The lowest BCUT2D eigenvalue weighted by Crippen LogP contribution is -2.21. The van der Waals surface area contributed by atoms with Gasteiger partial charge in [0.05, 0.1) is 6.10 Å². The molecule has 0 aliphatic rings. The maximum atomic E-state index is 13.4. The molecule has 1 heterocycles. The average Bonchev–Trinajstić information content (AvgIpc) is 2.52. The van der Waals surface area contributed by atoms with E-state index in [4.69, 9.17) is 4.74 Å². The van der Waals surface area contributed by atoms with Crippen LogP contribution in [-0.2, 0) is 6.18 Å². The number of rotatable bonds is 5. The van der Waals surface area contributed by atoms with E-state index in [0.29, 0.717) is 5.69 Å². The standard InChI is InChI=1S/C18H22F3N3O/c1-11(2)13-8-6-7-9-15(13)24(5)16-14(18(19,20)21)10-22-17(23-16)25-12(3)4/h6-12H,1-5H3. The van der Waals surface area contributed by atoms with Crippen LogP contribution in [0.4, 0.5) is 24.7 Å². The van der Waals surface area contributed by atoms with Gasteiger partial charge in [0, 0.05) is 18.9 Å². The molecule has 2 rings (SSSR count). The fourth-order valence-electron chi connectivity index (χ4n) is 2.48. The predicted octanol–water partition coefficient (Wildman–Crippen LogP) is 5.17. The number of halogens is 3. The zero-order valence-electron chi connectivity index (χ0n) is 14.9. The van der Waals surface area contributed by atoms with Crippen molar-refractivity contribution < 1.29 is 17.9 Å². The highest BCUT2D eigenvalue weighted by Gasteiger charge is 2.37. The molecule has 1 aromatic carbocycles. The van der Waals surface area contributed by atoms with Crippen LogP contribution in [0, 0.1) is 0 Å². The number of hydrogen-bond acceptors (Lipinski definition) is 4. The first-order chi connectivity index (χ1) is 11.6. The third-order valence-corrected chi connectivity index (χ3v) is 3.63. The van der Waals surface area contributed by atoms with E-state index in [0.717, 1.165) is 11.8 Å². The van der Waals surface area contributed by atoms with Gasteiger partial charge in [-0.1, -0.05) is 32.0 Å². The Morgan fingerprint density at radius 2 is 1.72 bits per heavy atom. The number of hydrogen-bond donors (Lipinski definition) is 0. The minimum absolute atomic E-state index is 0.0770. The number of anilines is 2. The number of nitrogens with zero attached hydrogens (tertiary/aromatic N) is 3. The zero-order valence-corrected chi connectivity index (χ0v) is 14.9. The quantitative estimate of drug-likeness (QED) is 0.743. The molecule has 0 fully saturated rings. The molecule has 25 heavy (non-hydrogen) atoms. The Labute approximate surface area is 145 Å². The van der Waals surface area contributed by atoms with E-state index in [1.165, 1.54) is 4.90 Å². The highest BCUT2D eigenvalue weighted by atomic mass is 19.4. The molecule has 0 amide bonds. The summed E-state index contributed by atoms with van der Waals surface area (Å²) in [5, 5.41) is 0. The van der Waals surface area contributed by atoms with Crippen molar-refractivity contribution in [3.05, 3.63) is 41.6 Å². The first kappa shape index (κ1) is 19.0. The Morgan fingerprint density at radius 3 is 2.28 bits per heavy atom. The molecule has 7 heteroatoms. The van der Waals surface area contributed by atoms with Gasteiger partial charge in [-0.15, -0.1) is 0 Å². The van der Waals surface area contributed by atoms with Gasteiger partial charge >= 0.3 is 12.2 Å². The normalized spacial score (nSPS) is 11.9. The van der Waals surface area contributed by atoms with Crippen LogP contribution in [-0.4, -0.2) is 23.1 Å². The number of alkyl halides is 3. The second-order valence-electron chi connectivity index (χ2n) is 6.33. The molecule has 0 saturated heterocycles. The van der Waals surface area contributed by atoms with Crippen molar-refractivity contribution in [1.29, 1.82) is 0 Å². The molecule has 136 valence electrons. The van der Waals surface area contributed by atoms with Crippen molar-refractivity contribution in [2.45, 2.75) is 45.9 Å². The van der Waals surface area contributed by atoms with Gasteiger partial charge in [0.2, 0.25) is 0 Å². The SMILES string of the molecule is CC(C)Oc1ncc(C(F)(F)F)c(N(C)c2ccccc2C(C)C)n1. The van der Waals surface area contributed by atoms with E-state index in [1.807, 2.05) is 26.0 Å². The molecule has 1 aromatic heterocycles. The van der Waals surface area contributed by atoms with Gasteiger partial charge in [-0.25, -0.2) is 4.98 Å². The Morgan fingerprint density at radius 1 is 1.08 bits per heavy atom. The lowest BCUT2D eigenvalue weighted by molar-refractivity contribution is -0.137. The third-order valence-electron chi connectivity index (χ3n) is 3.63. The van der Waals surface area contributed by atoms with Gasteiger partial charge in [-0.05, 0) is 31.4 Å². The predicted molar refractivity (Wildman–Crippen MR) is 91.4 cm³/mol. The van der Waals surface area contributed by atoms with Crippen LogP contribution in [0.2, 0.25) is 0 Å². The molecule has 0 aliphatic carbocycles. The fraction of sp³-hybridized carbons (Fsp3) is 0.444. The van der Waals surface area contributed by atoms with E-state index in [1.54, 1.807) is 33.0 Å². The summed E-state index contributed by atoms with van der Waals surface area (Å²) in [6, 6.07) is 7.26. The first-order valence-corrected chi connectivity index (χ1v) is 8.04. The molecule has 0 saturated carbocycles. The monoisotopic (exact) mass is 353 g/mol. The largest absolute Gasteiger partial charge is 0.461 e. The van der Waals surface area contributed by atoms with Gasteiger partial charge in [0.1, 0.15) is 5.56 Å². The summed E-state index contributed by atoms with van der Waals surface area (Å²) in [6.07, 6.45) is -4.03. The highest BCUT2D eigenvalue weighted by molar-refractivity contribution is 5.66. The summed E-state index contributed by atoms with van der Waals surface area (Å²) in [7, 11) is 1.57. The van der Waals surface area contributed by atoms with Crippen LogP contribution in [0.5, 0.6) is 6.01 Å². The minimum atomic E-state index is -4.56. The Kier molecular flexibility index (Phi) is 5.55. The van der Waals surface area contributed by atoms with Crippen molar-refractivity contribution in [2.75, 3.05) is 11.9 Å². The highest BCUT2D eigenvalue weighted by Crippen LogP contribution is 2.39. The maximum absolute atomic E-state index is 13.4. The smallest absolute Gasteiger partial charge is 0.421 e. The Balaban J connectivity index is 2.59. The average molecular weight is 353 g/mol. The van der Waals surface area contributed by atoms with Gasteiger partial charge < -0.3 is 9.64 Å². The van der Waals surface area contributed by atoms with Crippen LogP contribution in [0.3, 0.4) is 0 Å². The van der Waals surface area contributed by atoms with Gasteiger partial charge in [-0.3, -0.25) is 0 Å². The molecule has 0 spiro atoms. The molecular formula is C18H22F3N3O. The summed E-state index contributed by atoms with van der Waals surface area (Å²) in [6.45, 7) is 7.51. The van der Waals surface area contributed by atoms with E-state index >= 15 is 0 Å². The van der Waals surface area contributed by atoms with Crippen molar-refractivity contribution in [3.8, 4) is 6.01 Å². The summed E-state index contributed by atoms with van der Waals surface area (Å²) < 4.78 is 45.7. The van der Waals surface area contributed by atoms with E-state index in [9.17, 15) is 13.2 Å². The summed E-state index contributed by atoms with van der Waals surface area (Å²) in [5.41, 5.74) is 0.699. The van der Waals surface area contributed by atoms with E-state index in [-0.39, 0.29) is 23.9 Å². The van der Waals surface area contributed by atoms with E-state index < -0.39 is 11.7 Å². The maximum Gasteiger partial charge on any atom is 0.421 e. The molecule has 0 N–H and O–H groups in total. The van der Waals surface area contributed by atoms with Gasteiger partial charge in [-0.2, -0.15) is 18.2 Å². The first-order valence-electron chi connectivity index (χ1n) is 8.04. The zero-order chi connectivity index (χ0) is 18.8. The second-order valence-corrected chi connectivity index (χ2v) is 6.33. The number of aromatic nitrogens is 2. The number of para-hydroxylation sites is 1. The topological polar surface area (TPSA) is 38.2 Å². The number of benzene rings is 1. The summed E-state index contributed by atoms with van der Waals surface area (Å²) in [5.74, 6) is -0.0764. The minimum Gasteiger partial charge on any atom is -0.461 e. The van der Waals surface area contributed by atoms with Crippen LogP contribution >= 0.6 is 0 Å². The number of ether oxygens (including phenoxy) is 1. The van der Waals surface area contributed by atoms with Crippen LogP contribution in [0.25, 0.3) is 0 Å².